The van der Waals surface area contributed by atoms with Crippen molar-refractivity contribution in [2.75, 3.05) is 19.8 Å². The van der Waals surface area contributed by atoms with Gasteiger partial charge in [-0.3, -0.25) is 0 Å². The summed E-state index contributed by atoms with van der Waals surface area (Å²) < 4.78 is 32.1. The molecule has 0 atom stereocenters. The molecule has 1 heterocycles. The number of thiophene rings is 1. The molecule has 5 nitrogen and oxygen atoms in total. The third kappa shape index (κ3) is 7.37. The Bertz CT molecular complexity index is 510. The van der Waals surface area contributed by atoms with E-state index in [2.05, 4.69) is 37.7 Å². The molecule has 1 rings (SSSR count). The van der Waals surface area contributed by atoms with E-state index in [0.717, 1.165) is 4.88 Å². The molecule has 0 unspecified atom stereocenters. The van der Waals surface area contributed by atoms with Crippen LogP contribution in [0.4, 0.5) is 0 Å². The summed E-state index contributed by atoms with van der Waals surface area (Å²) in [6.07, 6.45) is 0. The van der Waals surface area contributed by atoms with Gasteiger partial charge in [0, 0.05) is 36.0 Å². The van der Waals surface area contributed by atoms with Crippen LogP contribution in [0.15, 0.2) is 16.3 Å². The van der Waals surface area contributed by atoms with E-state index in [0.29, 0.717) is 43.2 Å². The highest BCUT2D eigenvalue weighted by Crippen LogP contribution is 2.19. The number of ether oxygens (including phenoxy) is 1. The van der Waals surface area contributed by atoms with Crippen LogP contribution in [0.1, 0.15) is 32.6 Å². The second kappa shape index (κ2) is 8.85. The third-order valence-corrected chi connectivity index (χ3v) is 5.14. The molecule has 2 N–H and O–H groups in total. The monoisotopic (exact) mass is 334 g/mol. The second-order valence-electron chi connectivity index (χ2n) is 5.65. The summed E-state index contributed by atoms with van der Waals surface area (Å²) in [7, 11) is -3.43. The van der Waals surface area contributed by atoms with E-state index in [-0.39, 0.29) is 0 Å². The predicted octanol–water partition coefficient (Wildman–Crippen LogP) is 2.20. The van der Waals surface area contributed by atoms with Gasteiger partial charge in [-0.25, -0.2) is 13.1 Å². The van der Waals surface area contributed by atoms with E-state index in [1.165, 1.54) is 11.3 Å². The highest BCUT2D eigenvalue weighted by Gasteiger charge is 2.15. The Morgan fingerprint density at radius 1 is 1.29 bits per heavy atom. The zero-order chi connectivity index (χ0) is 15.9. The van der Waals surface area contributed by atoms with Gasteiger partial charge in [0.15, 0.2) is 0 Å². The van der Waals surface area contributed by atoms with Crippen molar-refractivity contribution in [2.24, 2.45) is 5.92 Å². The largest absolute Gasteiger partial charge is 0.380 e. The molecule has 0 spiro atoms. The average molecular weight is 335 g/mol. The van der Waals surface area contributed by atoms with Crippen LogP contribution in [0.25, 0.3) is 0 Å². The second-order valence-corrected chi connectivity index (χ2v) is 8.41. The van der Waals surface area contributed by atoms with E-state index in [4.69, 9.17) is 4.74 Å². The Kier molecular flexibility index (Phi) is 7.83. The van der Waals surface area contributed by atoms with Crippen molar-refractivity contribution in [3.63, 3.8) is 0 Å². The molecular weight excluding hydrogens is 308 g/mol. The van der Waals surface area contributed by atoms with Gasteiger partial charge in [0.05, 0.1) is 11.5 Å². The van der Waals surface area contributed by atoms with Crippen molar-refractivity contribution in [3.05, 3.63) is 16.3 Å². The summed E-state index contributed by atoms with van der Waals surface area (Å²) in [5.41, 5.74) is 0. The number of sulfonamides is 1. The van der Waals surface area contributed by atoms with E-state index in [9.17, 15) is 8.42 Å². The molecule has 0 fully saturated rings. The SMILES string of the molecule is CC(C)COCCNS(=O)(=O)c1csc(CNC(C)C)c1. The highest BCUT2D eigenvalue weighted by molar-refractivity contribution is 7.89. The van der Waals surface area contributed by atoms with E-state index >= 15 is 0 Å². The Morgan fingerprint density at radius 2 is 2.00 bits per heavy atom. The first kappa shape index (κ1) is 18.6. The number of hydrogen-bond donors (Lipinski definition) is 2. The molecule has 7 heteroatoms. The Balaban J connectivity index is 2.43. The minimum Gasteiger partial charge on any atom is -0.380 e. The van der Waals surface area contributed by atoms with Crippen LogP contribution in [-0.4, -0.2) is 34.2 Å². The first-order valence-corrected chi connectivity index (χ1v) is 9.55. The van der Waals surface area contributed by atoms with Crippen molar-refractivity contribution in [1.82, 2.24) is 10.0 Å². The number of nitrogens with one attached hydrogen (secondary N) is 2. The molecule has 0 radical (unpaired) electrons. The summed E-state index contributed by atoms with van der Waals surface area (Å²) in [6.45, 7) is 10.3. The lowest BCUT2D eigenvalue weighted by Crippen LogP contribution is -2.27. The first-order chi connectivity index (χ1) is 9.81. The van der Waals surface area contributed by atoms with Crippen molar-refractivity contribution < 1.29 is 13.2 Å². The van der Waals surface area contributed by atoms with Gasteiger partial charge < -0.3 is 10.1 Å². The van der Waals surface area contributed by atoms with Gasteiger partial charge in [-0.05, 0) is 12.0 Å². The van der Waals surface area contributed by atoms with Crippen molar-refractivity contribution >= 4 is 21.4 Å². The maximum atomic E-state index is 12.1. The van der Waals surface area contributed by atoms with Crippen LogP contribution >= 0.6 is 11.3 Å². The fourth-order valence-electron chi connectivity index (χ4n) is 1.55. The molecule has 0 aromatic carbocycles. The summed E-state index contributed by atoms with van der Waals surface area (Å²) >= 11 is 1.45. The quantitative estimate of drug-likeness (QED) is 0.644. The maximum absolute atomic E-state index is 12.1. The first-order valence-electron chi connectivity index (χ1n) is 7.19. The van der Waals surface area contributed by atoms with Gasteiger partial charge in [-0.2, -0.15) is 0 Å². The van der Waals surface area contributed by atoms with E-state index in [1.807, 2.05) is 0 Å². The Morgan fingerprint density at radius 3 is 2.62 bits per heavy atom. The van der Waals surface area contributed by atoms with Gasteiger partial charge >= 0.3 is 0 Å². The van der Waals surface area contributed by atoms with Crippen LogP contribution in [-0.2, 0) is 21.3 Å². The van der Waals surface area contributed by atoms with Crippen molar-refractivity contribution in [3.8, 4) is 0 Å². The van der Waals surface area contributed by atoms with Gasteiger partial charge in [0.2, 0.25) is 10.0 Å². The normalized spacial score (nSPS) is 12.5. The summed E-state index contributed by atoms with van der Waals surface area (Å²) in [5.74, 6) is 0.453. The highest BCUT2D eigenvalue weighted by atomic mass is 32.2. The lowest BCUT2D eigenvalue weighted by Gasteiger charge is -2.08. The molecule has 122 valence electrons. The molecule has 1 aromatic rings. The molecule has 21 heavy (non-hydrogen) atoms. The molecule has 1 aromatic heterocycles. The molecule has 0 saturated heterocycles. The molecule has 0 amide bonds. The lowest BCUT2D eigenvalue weighted by atomic mass is 10.2. The van der Waals surface area contributed by atoms with Gasteiger partial charge in [-0.1, -0.05) is 27.7 Å². The van der Waals surface area contributed by atoms with E-state index < -0.39 is 10.0 Å². The van der Waals surface area contributed by atoms with Crippen LogP contribution in [0.5, 0.6) is 0 Å². The van der Waals surface area contributed by atoms with Crippen LogP contribution in [0.3, 0.4) is 0 Å². The molecule has 0 aliphatic heterocycles. The van der Waals surface area contributed by atoms with Gasteiger partial charge in [-0.15, -0.1) is 11.3 Å². The Hall–Kier alpha value is -0.470. The van der Waals surface area contributed by atoms with Crippen LogP contribution < -0.4 is 10.0 Å². The standard InChI is InChI=1S/C14H26N2O3S2/c1-11(2)9-19-6-5-16-21(17,18)14-7-13(20-10-14)8-15-12(3)4/h7,10-12,15-16H,5-6,8-9H2,1-4H3. The zero-order valence-corrected chi connectivity index (χ0v) is 14.8. The summed E-state index contributed by atoms with van der Waals surface area (Å²) in [6, 6.07) is 2.10. The number of hydrogen-bond acceptors (Lipinski definition) is 5. The lowest BCUT2D eigenvalue weighted by molar-refractivity contribution is 0.114. The fourth-order valence-corrected chi connectivity index (χ4v) is 3.79. The zero-order valence-electron chi connectivity index (χ0n) is 13.2. The summed E-state index contributed by atoms with van der Waals surface area (Å²) in [5, 5.41) is 4.95. The predicted molar refractivity (Wildman–Crippen MR) is 87.1 cm³/mol. The van der Waals surface area contributed by atoms with Crippen LogP contribution in [0.2, 0.25) is 0 Å². The molecular formula is C14H26N2O3S2. The van der Waals surface area contributed by atoms with Gasteiger partial charge in [0.25, 0.3) is 0 Å². The van der Waals surface area contributed by atoms with E-state index in [1.54, 1.807) is 11.4 Å². The molecule has 0 aliphatic rings. The van der Waals surface area contributed by atoms with Crippen LogP contribution in [0, 0.1) is 5.92 Å². The molecule has 0 aliphatic carbocycles. The van der Waals surface area contributed by atoms with Crippen molar-refractivity contribution in [2.45, 2.75) is 45.2 Å². The topological polar surface area (TPSA) is 67.4 Å². The van der Waals surface area contributed by atoms with Gasteiger partial charge in [0.1, 0.15) is 0 Å². The van der Waals surface area contributed by atoms with Crippen molar-refractivity contribution in [1.29, 1.82) is 0 Å². The third-order valence-electron chi connectivity index (χ3n) is 2.61. The average Bonchev–Trinajstić information content (AvgIpc) is 2.85. The minimum atomic E-state index is -3.43. The smallest absolute Gasteiger partial charge is 0.241 e. The molecule has 0 saturated carbocycles. The minimum absolute atomic E-state index is 0.296. The summed E-state index contributed by atoms with van der Waals surface area (Å²) in [4.78, 5) is 1.34. The Labute approximate surface area is 132 Å². The fraction of sp³-hybridized carbons (Fsp3) is 0.714. The molecule has 0 bridgehead atoms. The maximum Gasteiger partial charge on any atom is 0.241 e. The number of rotatable bonds is 10.